The average molecular weight is 229 g/mol. The van der Waals surface area contributed by atoms with E-state index in [0.717, 1.165) is 0 Å². The van der Waals surface area contributed by atoms with E-state index in [0.29, 0.717) is 25.1 Å². The second-order valence-electron chi connectivity index (χ2n) is 4.53. The van der Waals surface area contributed by atoms with Crippen LogP contribution in [-0.2, 0) is 9.53 Å². The molecule has 0 rings (SSSR count). The molecule has 4 heteroatoms. The van der Waals surface area contributed by atoms with Crippen molar-refractivity contribution in [1.82, 2.24) is 5.32 Å². The molecule has 0 aromatic heterocycles. The molecule has 0 radical (unpaired) electrons. The standard InChI is InChI=1S/C12H23NO3/c1-5-10(11(15)16-4)6-7-13-8-12(2,3)9-14/h6,13-14H,5,7-9H2,1-4H3. The number of carbonyl (C=O) groups excluding carboxylic acids is 1. The fraction of sp³-hybridized carbons (Fsp3) is 0.750. The molecule has 0 saturated carbocycles. The predicted octanol–water partition coefficient (Wildman–Crippen LogP) is 1.10. The second kappa shape index (κ2) is 7.41. The molecule has 2 N–H and O–H groups in total. The topological polar surface area (TPSA) is 58.6 Å². The van der Waals surface area contributed by atoms with Gasteiger partial charge in [-0.1, -0.05) is 26.8 Å². The number of methoxy groups -OCH3 is 1. The Hall–Kier alpha value is -0.870. The lowest BCUT2D eigenvalue weighted by Gasteiger charge is -2.21. The van der Waals surface area contributed by atoms with E-state index in [1.165, 1.54) is 7.11 Å². The van der Waals surface area contributed by atoms with Crippen molar-refractivity contribution in [3.05, 3.63) is 11.6 Å². The highest BCUT2D eigenvalue weighted by Gasteiger charge is 2.15. The van der Waals surface area contributed by atoms with Gasteiger partial charge in [0.25, 0.3) is 0 Å². The first kappa shape index (κ1) is 15.1. The van der Waals surface area contributed by atoms with Crippen LogP contribution in [0, 0.1) is 5.41 Å². The lowest BCUT2D eigenvalue weighted by Crippen LogP contribution is -2.32. The maximum atomic E-state index is 11.2. The molecule has 16 heavy (non-hydrogen) atoms. The molecule has 0 aliphatic rings. The molecule has 0 aliphatic carbocycles. The Bertz CT molecular complexity index is 247. The van der Waals surface area contributed by atoms with E-state index in [9.17, 15) is 4.79 Å². The molecule has 0 bridgehead atoms. The fourth-order valence-electron chi connectivity index (χ4n) is 1.16. The molecule has 0 unspecified atom stereocenters. The first-order chi connectivity index (χ1) is 7.46. The molecule has 0 aromatic carbocycles. The summed E-state index contributed by atoms with van der Waals surface area (Å²) in [6, 6.07) is 0. The van der Waals surface area contributed by atoms with Crippen molar-refractivity contribution < 1.29 is 14.6 Å². The third-order valence-corrected chi connectivity index (χ3v) is 2.35. The molecule has 0 atom stereocenters. The van der Waals surface area contributed by atoms with Crippen molar-refractivity contribution in [2.45, 2.75) is 27.2 Å². The number of ether oxygens (including phenoxy) is 1. The molecular formula is C12H23NO3. The molecule has 0 saturated heterocycles. The minimum Gasteiger partial charge on any atom is -0.466 e. The molecule has 0 aromatic rings. The van der Waals surface area contributed by atoms with Crippen LogP contribution in [0.25, 0.3) is 0 Å². The van der Waals surface area contributed by atoms with Gasteiger partial charge in [-0.15, -0.1) is 0 Å². The lowest BCUT2D eigenvalue weighted by atomic mass is 9.95. The maximum Gasteiger partial charge on any atom is 0.333 e. The van der Waals surface area contributed by atoms with Crippen LogP contribution in [0.1, 0.15) is 27.2 Å². The van der Waals surface area contributed by atoms with Gasteiger partial charge < -0.3 is 15.2 Å². The first-order valence-corrected chi connectivity index (χ1v) is 5.55. The molecule has 0 fully saturated rings. The van der Waals surface area contributed by atoms with Gasteiger partial charge in [0.1, 0.15) is 0 Å². The van der Waals surface area contributed by atoms with E-state index in [2.05, 4.69) is 10.1 Å². The van der Waals surface area contributed by atoms with E-state index in [-0.39, 0.29) is 18.0 Å². The monoisotopic (exact) mass is 229 g/mol. The molecule has 4 nitrogen and oxygen atoms in total. The predicted molar refractivity (Wildman–Crippen MR) is 64.1 cm³/mol. The number of esters is 1. The zero-order chi connectivity index (χ0) is 12.6. The van der Waals surface area contributed by atoms with Gasteiger partial charge in [0, 0.05) is 30.7 Å². The first-order valence-electron chi connectivity index (χ1n) is 5.55. The quantitative estimate of drug-likeness (QED) is 0.390. The third kappa shape index (κ3) is 5.88. The summed E-state index contributed by atoms with van der Waals surface area (Å²) < 4.78 is 4.65. The molecule has 94 valence electrons. The number of aliphatic hydroxyl groups is 1. The zero-order valence-corrected chi connectivity index (χ0v) is 10.7. The Labute approximate surface area is 97.7 Å². The molecule has 0 amide bonds. The summed E-state index contributed by atoms with van der Waals surface area (Å²) in [4.78, 5) is 11.2. The number of aliphatic hydroxyl groups excluding tert-OH is 1. The number of rotatable bonds is 7. The summed E-state index contributed by atoms with van der Waals surface area (Å²) in [5, 5.41) is 12.2. The van der Waals surface area contributed by atoms with Crippen molar-refractivity contribution in [1.29, 1.82) is 0 Å². The van der Waals surface area contributed by atoms with Gasteiger partial charge >= 0.3 is 5.97 Å². The molecular weight excluding hydrogens is 206 g/mol. The van der Waals surface area contributed by atoms with E-state index in [1.54, 1.807) is 0 Å². The number of nitrogens with one attached hydrogen (secondary N) is 1. The Morgan fingerprint density at radius 2 is 2.12 bits per heavy atom. The number of hydrogen-bond donors (Lipinski definition) is 2. The Morgan fingerprint density at radius 1 is 1.50 bits per heavy atom. The van der Waals surface area contributed by atoms with Crippen molar-refractivity contribution in [3.8, 4) is 0 Å². The van der Waals surface area contributed by atoms with Crippen molar-refractivity contribution in [2.75, 3.05) is 26.8 Å². The van der Waals surface area contributed by atoms with Crippen molar-refractivity contribution in [2.24, 2.45) is 5.41 Å². The Kier molecular flexibility index (Phi) is 7.01. The van der Waals surface area contributed by atoms with Crippen molar-refractivity contribution >= 4 is 5.97 Å². The highest BCUT2D eigenvalue weighted by Crippen LogP contribution is 2.11. The van der Waals surface area contributed by atoms with Gasteiger partial charge in [-0.2, -0.15) is 0 Å². The molecule has 0 heterocycles. The van der Waals surface area contributed by atoms with Crippen molar-refractivity contribution in [3.63, 3.8) is 0 Å². The molecule has 0 aliphatic heterocycles. The highest BCUT2D eigenvalue weighted by molar-refractivity contribution is 5.88. The van der Waals surface area contributed by atoms with Gasteiger partial charge in [-0.25, -0.2) is 4.79 Å². The Balaban J connectivity index is 4.03. The normalized spacial score (nSPS) is 12.7. The van der Waals surface area contributed by atoms with E-state index < -0.39 is 0 Å². The summed E-state index contributed by atoms with van der Waals surface area (Å²) >= 11 is 0. The largest absolute Gasteiger partial charge is 0.466 e. The smallest absolute Gasteiger partial charge is 0.333 e. The van der Waals surface area contributed by atoms with Gasteiger partial charge in [-0.05, 0) is 6.42 Å². The van der Waals surface area contributed by atoms with Gasteiger partial charge in [-0.3, -0.25) is 0 Å². The second-order valence-corrected chi connectivity index (χ2v) is 4.53. The van der Waals surface area contributed by atoms with Gasteiger partial charge in [0.05, 0.1) is 7.11 Å². The zero-order valence-electron chi connectivity index (χ0n) is 10.7. The third-order valence-electron chi connectivity index (χ3n) is 2.35. The van der Waals surface area contributed by atoms with E-state index in [4.69, 9.17) is 5.11 Å². The Morgan fingerprint density at radius 3 is 2.56 bits per heavy atom. The minimum atomic E-state index is -0.272. The van der Waals surface area contributed by atoms with Crippen LogP contribution in [0.15, 0.2) is 11.6 Å². The van der Waals surface area contributed by atoms with Crippen LogP contribution in [0.2, 0.25) is 0 Å². The van der Waals surface area contributed by atoms with Crippen LogP contribution in [0.4, 0.5) is 0 Å². The SMILES string of the molecule is CCC(=CCNCC(C)(C)CO)C(=O)OC. The van der Waals surface area contributed by atoms with E-state index in [1.807, 2.05) is 26.8 Å². The summed E-state index contributed by atoms with van der Waals surface area (Å²) in [5.41, 5.74) is 0.544. The van der Waals surface area contributed by atoms with Crippen LogP contribution < -0.4 is 5.32 Å². The van der Waals surface area contributed by atoms with Crippen LogP contribution in [0.5, 0.6) is 0 Å². The average Bonchev–Trinajstić information content (AvgIpc) is 2.28. The summed E-state index contributed by atoms with van der Waals surface area (Å²) in [5.74, 6) is -0.272. The van der Waals surface area contributed by atoms with Crippen LogP contribution >= 0.6 is 0 Å². The highest BCUT2D eigenvalue weighted by atomic mass is 16.5. The summed E-state index contributed by atoms with van der Waals surface area (Å²) in [6.45, 7) is 7.33. The molecule has 0 spiro atoms. The van der Waals surface area contributed by atoms with Gasteiger partial charge in [0.2, 0.25) is 0 Å². The van der Waals surface area contributed by atoms with E-state index >= 15 is 0 Å². The summed E-state index contributed by atoms with van der Waals surface area (Å²) in [6.07, 6.45) is 2.50. The fourth-order valence-corrected chi connectivity index (χ4v) is 1.16. The maximum absolute atomic E-state index is 11.2. The number of hydrogen-bond acceptors (Lipinski definition) is 4. The minimum absolute atomic E-state index is 0.133. The van der Waals surface area contributed by atoms with Crippen LogP contribution in [-0.4, -0.2) is 37.9 Å². The lowest BCUT2D eigenvalue weighted by molar-refractivity contribution is -0.136. The number of carbonyl (C=O) groups is 1. The van der Waals surface area contributed by atoms with Crippen LogP contribution in [0.3, 0.4) is 0 Å². The summed E-state index contributed by atoms with van der Waals surface area (Å²) in [7, 11) is 1.38. The van der Waals surface area contributed by atoms with Gasteiger partial charge in [0.15, 0.2) is 0 Å².